The quantitative estimate of drug-likeness (QED) is 0.371. The van der Waals surface area contributed by atoms with Gasteiger partial charge in [0.05, 0.1) is 0 Å². The highest BCUT2D eigenvalue weighted by atomic mass is 28.5. The van der Waals surface area contributed by atoms with Gasteiger partial charge < -0.3 is 24.7 Å². The van der Waals surface area contributed by atoms with E-state index in [1.807, 2.05) is 19.6 Å². The van der Waals surface area contributed by atoms with Crippen LogP contribution in [0.5, 0.6) is 0 Å². The summed E-state index contributed by atoms with van der Waals surface area (Å²) in [6.07, 6.45) is 0. The van der Waals surface area contributed by atoms with Gasteiger partial charge >= 0.3 is 26.2 Å². The molecule has 0 aromatic heterocycles. The first-order valence-corrected chi connectivity index (χ1v) is 27.4. The zero-order valence-electron chi connectivity index (χ0n) is 18.5. The first kappa shape index (κ1) is 27.0. The van der Waals surface area contributed by atoms with Crippen molar-refractivity contribution in [1.29, 1.82) is 0 Å². The highest BCUT2D eigenvalue weighted by Crippen LogP contribution is 2.26. The van der Waals surface area contributed by atoms with Gasteiger partial charge in [-0.25, -0.2) is 0 Å². The SMILES string of the molecule is C=C[Si](C)(O[Si](C)(O[SiH](C)C)O[SiH](C)C)O[Si](C)(O[SiH](C)C)O[SiH](C)C. The Morgan fingerprint density at radius 2 is 0.808 bits per heavy atom. The predicted octanol–water partition coefficient (Wildman–Crippen LogP) is 2.95. The van der Waals surface area contributed by atoms with Gasteiger partial charge in [0.2, 0.25) is 0 Å². The fraction of sp³-hybridized carbons (Fsp3) is 0.846. The molecule has 0 radical (unpaired) electrons. The Kier molecular flexibility index (Phi) is 11.7. The van der Waals surface area contributed by atoms with Crippen molar-refractivity contribution in [3.8, 4) is 0 Å². The van der Waals surface area contributed by atoms with Crippen molar-refractivity contribution in [1.82, 2.24) is 0 Å². The van der Waals surface area contributed by atoms with Crippen LogP contribution in [0, 0.1) is 0 Å². The Balaban J connectivity index is 5.57. The monoisotopic (exact) mass is 488 g/mol. The van der Waals surface area contributed by atoms with Crippen molar-refractivity contribution in [3.05, 3.63) is 12.3 Å². The Morgan fingerprint density at radius 1 is 0.577 bits per heavy atom. The molecule has 6 nitrogen and oxygen atoms in total. The zero-order chi connectivity index (χ0) is 20.8. The van der Waals surface area contributed by atoms with E-state index in [1.54, 1.807) is 5.70 Å². The highest BCUT2D eigenvalue weighted by molar-refractivity contribution is 6.90. The molecule has 0 heterocycles. The van der Waals surface area contributed by atoms with Gasteiger partial charge in [-0.15, -0.1) is 6.58 Å². The van der Waals surface area contributed by atoms with E-state index in [1.165, 1.54) is 0 Å². The van der Waals surface area contributed by atoms with Crippen LogP contribution in [-0.2, 0) is 24.7 Å². The maximum atomic E-state index is 6.52. The summed E-state index contributed by atoms with van der Waals surface area (Å²) in [7, 11) is -13.7. The molecule has 0 saturated heterocycles. The minimum Gasteiger partial charge on any atom is -0.420 e. The molecule has 0 bridgehead atoms. The number of rotatable bonds is 13. The van der Waals surface area contributed by atoms with E-state index in [0.29, 0.717) is 0 Å². The molecule has 13 heteroatoms. The fourth-order valence-electron chi connectivity index (χ4n) is 2.70. The molecule has 0 spiro atoms. The number of hydrogen-bond acceptors (Lipinski definition) is 6. The van der Waals surface area contributed by atoms with E-state index >= 15 is 0 Å². The third-order valence-electron chi connectivity index (χ3n) is 2.95. The van der Waals surface area contributed by atoms with E-state index < -0.39 is 62.3 Å². The van der Waals surface area contributed by atoms with E-state index in [9.17, 15) is 0 Å². The minimum atomic E-state index is -2.79. The van der Waals surface area contributed by atoms with Crippen LogP contribution in [0.2, 0.25) is 72.0 Å². The van der Waals surface area contributed by atoms with Gasteiger partial charge in [-0.3, -0.25) is 0 Å². The van der Waals surface area contributed by atoms with Crippen LogP contribution in [0.25, 0.3) is 0 Å². The van der Waals surface area contributed by atoms with Gasteiger partial charge in [-0.2, -0.15) is 0 Å². The second-order valence-corrected chi connectivity index (χ2v) is 27.5. The van der Waals surface area contributed by atoms with Gasteiger partial charge in [-0.05, 0) is 58.9 Å². The molecule has 0 rings (SSSR count). The molecule has 26 heavy (non-hydrogen) atoms. The van der Waals surface area contributed by atoms with Crippen LogP contribution < -0.4 is 0 Å². The molecule has 0 saturated carbocycles. The van der Waals surface area contributed by atoms with Crippen LogP contribution in [0.1, 0.15) is 0 Å². The van der Waals surface area contributed by atoms with Crippen molar-refractivity contribution in [2.24, 2.45) is 0 Å². The van der Waals surface area contributed by atoms with Crippen LogP contribution in [0.3, 0.4) is 0 Å². The van der Waals surface area contributed by atoms with Crippen LogP contribution in [0.4, 0.5) is 0 Å². The molecule has 0 aromatic rings. The average Bonchev–Trinajstić information content (AvgIpc) is 2.32. The fourth-order valence-corrected chi connectivity index (χ4v) is 27.5. The first-order chi connectivity index (χ1) is 11.6. The topological polar surface area (TPSA) is 55.4 Å². The summed E-state index contributed by atoms with van der Waals surface area (Å²) >= 11 is 0. The molecule has 0 fully saturated rings. The number of hydrogen-bond donors (Lipinski definition) is 0. The first-order valence-electron chi connectivity index (χ1n) is 9.39. The van der Waals surface area contributed by atoms with Gasteiger partial charge in [0.25, 0.3) is 0 Å². The Hall–Kier alpha value is 1.02. The summed E-state index contributed by atoms with van der Waals surface area (Å²) in [5, 5.41) is 0. The van der Waals surface area contributed by atoms with Crippen molar-refractivity contribution in [3.63, 3.8) is 0 Å². The third kappa shape index (κ3) is 11.1. The van der Waals surface area contributed by atoms with Crippen molar-refractivity contribution in [2.75, 3.05) is 0 Å². The summed E-state index contributed by atoms with van der Waals surface area (Å²) in [6.45, 7) is 27.0. The van der Waals surface area contributed by atoms with Crippen LogP contribution in [-0.4, -0.2) is 62.3 Å². The summed E-state index contributed by atoms with van der Waals surface area (Å²) in [5.74, 6) is 0. The summed E-state index contributed by atoms with van der Waals surface area (Å²) in [5.41, 5.74) is 1.80. The van der Waals surface area contributed by atoms with E-state index in [0.717, 1.165) is 0 Å². The molecule has 0 aromatic carbocycles. The predicted molar refractivity (Wildman–Crippen MR) is 127 cm³/mol. The molecule has 0 amide bonds. The molecule has 0 aliphatic heterocycles. The molecule has 0 aliphatic carbocycles. The van der Waals surface area contributed by atoms with Crippen LogP contribution in [0.15, 0.2) is 12.3 Å². The smallest absolute Gasteiger partial charge is 0.420 e. The second kappa shape index (κ2) is 11.3. The molecule has 0 aliphatic rings. The third-order valence-corrected chi connectivity index (χ3v) is 24.3. The molecule has 0 unspecified atom stereocenters. The summed E-state index contributed by atoms with van der Waals surface area (Å²) in [6, 6.07) is 0. The van der Waals surface area contributed by atoms with Gasteiger partial charge in [0.1, 0.15) is 0 Å². The van der Waals surface area contributed by atoms with E-state index in [-0.39, 0.29) is 0 Å². The Labute approximate surface area is 171 Å². The lowest BCUT2D eigenvalue weighted by atomic mass is 11.3. The molecule has 0 atom stereocenters. The maximum absolute atomic E-state index is 6.52. The Bertz CT molecular complexity index is 383. The summed E-state index contributed by atoms with van der Waals surface area (Å²) in [4.78, 5) is 0. The standard InChI is InChI=1S/C13H40O6Si7/c1-13-24(10,18-25(11,14-20(2)3)15-21(4)5)19-26(12,16-22(6)7)17-23(8)9/h13,20-23H,1H2,2-12H3. The normalized spacial score (nSPS) is 14.1. The Morgan fingerprint density at radius 3 is 0.962 bits per heavy atom. The molecular formula is C13H40O6Si7. The average molecular weight is 489 g/mol. The van der Waals surface area contributed by atoms with Crippen LogP contribution >= 0.6 is 0 Å². The molecule has 0 N–H and O–H groups in total. The largest absolute Gasteiger partial charge is 0.467 e. The second-order valence-electron chi connectivity index (χ2n) is 7.82. The van der Waals surface area contributed by atoms with E-state index in [4.69, 9.17) is 24.7 Å². The van der Waals surface area contributed by atoms with Gasteiger partial charge in [0.15, 0.2) is 36.2 Å². The molecule has 156 valence electrons. The van der Waals surface area contributed by atoms with Gasteiger partial charge in [-0.1, -0.05) is 5.70 Å². The summed E-state index contributed by atoms with van der Waals surface area (Å²) < 4.78 is 38.0. The highest BCUT2D eigenvalue weighted by Gasteiger charge is 2.50. The minimum absolute atomic E-state index is 1.33. The molecular weight excluding hydrogens is 449 g/mol. The van der Waals surface area contributed by atoms with Crippen molar-refractivity contribution in [2.45, 2.75) is 72.0 Å². The zero-order valence-corrected chi connectivity index (χ0v) is 26.2. The lowest BCUT2D eigenvalue weighted by Crippen LogP contribution is -2.61. The maximum Gasteiger partial charge on any atom is 0.467 e. The lowest BCUT2D eigenvalue weighted by Gasteiger charge is -2.41. The van der Waals surface area contributed by atoms with Crippen molar-refractivity contribution < 1.29 is 24.7 Å². The van der Waals surface area contributed by atoms with E-state index in [2.05, 4.69) is 59.0 Å². The van der Waals surface area contributed by atoms with Crippen molar-refractivity contribution >= 4 is 62.3 Å². The lowest BCUT2D eigenvalue weighted by molar-refractivity contribution is 0.210. The van der Waals surface area contributed by atoms with Gasteiger partial charge in [0, 0.05) is 13.1 Å².